The molecule has 2 aromatic rings. The minimum Gasteiger partial charge on any atom is -0.481 e. The van der Waals surface area contributed by atoms with Gasteiger partial charge in [-0.1, -0.05) is 30.3 Å². The molecule has 1 aromatic heterocycles. The number of piperazine rings is 1. The number of amides is 3. The molecule has 3 amide bonds. The van der Waals surface area contributed by atoms with Crippen molar-refractivity contribution in [2.45, 2.75) is 38.1 Å². The number of methoxy groups -OCH3 is 1. The Morgan fingerprint density at radius 2 is 1.77 bits per heavy atom. The molecule has 1 aliphatic carbocycles. The first kappa shape index (κ1) is 28.9. The van der Waals surface area contributed by atoms with Crippen molar-refractivity contribution in [1.82, 2.24) is 25.1 Å². The molecule has 3 atom stereocenters. The molecule has 1 saturated heterocycles. The van der Waals surface area contributed by atoms with Crippen molar-refractivity contribution in [2.75, 3.05) is 46.5 Å². The fraction of sp³-hybridized carbons (Fsp3) is 0.500. The van der Waals surface area contributed by atoms with Crippen molar-refractivity contribution < 1.29 is 33.8 Å². The molecule has 1 saturated carbocycles. The summed E-state index contributed by atoms with van der Waals surface area (Å²) in [6.45, 7) is 3.62. The number of carboxylic acid groups (broad SMARTS) is 1. The van der Waals surface area contributed by atoms with Gasteiger partial charge in [-0.05, 0) is 31.7 Å². The lowest BCUT2D eigenvalue weighted by Crippen LogP contribution is -2.56. The molecule has 4 rings (SSSR count). The zero-order chi connectivity index (χ0) is 28.6. The highest BCUT2D eigenvalue weighted by molar-refractivity contribution is 5.96. The maximum absolute atomic E-state index is 13.5. The van der Waals surface area contributed by atoms with Crippen LogP contribution >= 0.6 is 0 Å². The molecule has 1 aromatic carbocycles. The second-order valence-electron chi connectivity index (χ2n) is 9.90. The lowest BCUT2D eigenvalue weighted by molar-refractivity contribution is -0.138. The smallest absolute Gasteiger partial charge is 0.409 e. The minimum absolute atomic E-state index is 0.0833. The van der Waals surface area contributed by atoms with E-state index in [9.17, 15) is 24.3 Å². The van der Waals surface area contributed by atoms with E-state index in [1.165, 1.54) is 9.80 Å². The fourth-order valence-corrected chi connectivity index (χ4v) is 4.80. The molecule has 12 heteroatoms. The number of hydrogen-bond acceptors (Lipinski definition) is 8. The Hall–Kier alpha value is -4.06. The number of carbonyl (C=O) groups excluding carboxylic acids is 3. The summed E-state index contributed by atoms with van der Waals surface area (Å²) in [5.41, 5.74) is 1.58. The number of ether oxygens (including phenoxy) is 2. The normalized spacial score (nSPS) is 19.1. The molecule has 0 radical (unpaired) electrons. The third-order valence-electron chi connectivity index (χ3n) is 7.06. The SMILES string of the molecule is CCOC(=O)N1CCN(C(=O)[C@H](CCC(=O)O)NC(=O)c2cc([C@@H]3C[C@H]3COC)nc(-c3ccccc3)n2)CC1. The second kappa shape index (κ2) is 13.3. The highest BCUT2D eigenvalue weighted by atomic mass is 16.6. The average Bonchev–Trinajstić information content (AvgIpc) is 3.74. The monoisotopic (exact) mass is 553 g/mol. The van der Waals surface area contributed by atoms with Gasteiger partial charge in [0.2, 0.25) is 5.91 Å². The highest BCUT2D eigenvalue weighted by Crippen LogP contribution is 2.47. The number of nitrogens with zero attached hydrogens (tertiary/aromatic N) is 4. The molecule has 2 fully saturated rings. The Kier molecular flexibility index (Phi) is 9.65. The van der Waals surface area contributed by atoms with Crippen LogP contribution in [0.2, 0.25) is 0 Å². The van der Waals surface area contributed by atoms with E-state index >= 15 is 0 Å². The van der Waals surface area contributed by atoms with E-state index in [0.29, 0.717) is 18.3 Å². The van der Waals surface area contributed by atoms with Crippen molar-refractivity contribution in [3.05, 3.63) is 47.8 Å². The van der Waals surface area contributed by atoms with Gasteiger partial charge in [0.1, 0.15) is 11.7 Å². The number of aromatic nitrogens is 2. The van der Waals surface area contributed by atoms with Crippen LogP contribution in [0.5, 0.6) is 0 Å². The van der Waals surface area contributed by atoms with E-state index in [2.05, 4.69) is 10.3 Å². The number of rotatable bonds is 11. The van der Waals surface area contributed by atoms with Gasteiger partial charge in [-0.25, -0.2) is 14.8 Å². The van der Waals surface area contributed by atoms with E-state index in [4.69, 9.17) is 14.5 Å². The number of nitrogens with one attached hydrogen (secondary N) is 1. The lowest BCUT2D eigenvalue weighted by Gasteiger charge is -2.35. The van der Waals surface area contributed by atoms with E-state index in [0.717, 1.165) is 17.7 Å². The lowest BCUT2D eigenvalue weighted by atomic mass is 10.1. The maximum atomic E-state index is 13.5. The fourth-order valence-electron chi connectivity index (χ4n) is 4.80. The van der Waals surface area contributed by atoms with Gasteiger partial charge < -0.3 is 29.7 Å². The standard InChI is InChI=1S/C28H35N5O7/c1-3-40-28(38)33-13-11-32(12-14-33)27(37)21(9-10-24(34)35)31-26(36)23-16-22(20-15-19(20)17-39-2)29-25(30-23)18-7-5-4-6-8-18/h4-8,16,19-21H,3,9-15,17H2,1-2H3,(H,31,36)(H,34,35)/t19-,20+,21-/m0/s1. The molecular formula is C28H35N5O7. The Morgan fingerprint density at radius 3 is 2.42 bits per heavy atom. The topological polar surface area (TPSA) is 151 Å². The van der Waals surface area contributed by atoms with Crippen molar-refractivity contribution in [2.24, 2.45) is 5.92 Å². The van der Waals surface area contributed by atoms with Crippen LogP contribution in [0.25, 0.3) is 11.4 Å². The van der Waals surface area contributed by atoms with Crippen LogP contribution in [-0.4, -0.2) is 101 Å². The second-order valence-corrected chi connectivity index (χ2v) is 9.90. The number of carboxylic acids is 1. The van der Waals surface area contributed by atoms with E-state index in [1.54, 1.807) is 20.1 Å². The molecule has 2 heterocycles. The first-order chi connectivity index (χ1) is 19.3. The largest absolute Gasteiger partial charge is 0.481 e. The molecule has 12 nitrogen and oxygen atoms in total. The Bertz CT molecular complexity index is 1220. The van der Waals surface area contributed by atoms with Gasteiger partial charge in [0.05, 0.1) is 6.61 Å². The Balaban J connectivity index is 1.52. The molecular weight excluding hydrogens is 518 g/mol. The molecule has 0 bridgehead atoms. The molecule has 0 spiro atoms. The van der Waals surface area contributed by atoms with Crippen LogP contribution in [0.4, 0.5) is 4.79 Å². The van der Waals surface area contributed by atoms with Gasteiger partial charge in [0.25, 0.3) is 5.91 Å². The summed E-state index contributed by atoms with van der Waals surface area (Å²) in [6.07, 6.45) is 0.0601. The number of aliphatic carboxylic acids is 1. The van der Waals surface area contributed by atoms with Gasteiger partial charge in [-0.15, -0.1) is 0 Å². The van der Waals surface area contributed by atoms with E-state index < -0.39 is 29.9 Å². The van der Waals surface area contributed by atoms with Crippen LogP contribution in [0.15, 0.2) is 36.4 Å². The van der Waals surface area contributed by atoms with Crippen LogP contribution in [-0.2, 0) is 19.1 Å². The van der Waals surface area contributed by atoms with Gasteiger partial charge in [-0.2, -0.15) is 0 Å². The van der Waals surface area contributed by atoms with Gasteiger partial charge in [0, 0.05) is 63.5 Å². The minimum atomic E-state index is -1.08. The van der Waals surface area contributed by atoms with E-state index in [-0.39, 0.29) is 57.2 Å². The Labute approximate surface area is 232 Å². The summed E-state index contributed by atoms with van der Waals surface area (Å²) in [7, 11) is 1.65. The predicted octanol–water partition coefficient (Wildman–Crippen LogP) is 2.16. The molecule has 0 unspecified atom stereocenters. The van der Waals surface area contributed by atoms with Gasteiger partial charge in [-0.3, -0.25) is 14.4 Å². The third kappa shape index (κ3) is 7.32. The number of benzene rings is 1. The van der Waals surface area contributed by atoms with Crippen LogP contribution in [0.1, 0.15) is 48.3 Å². The van der Waals surface area contributed by atoms with Gasteiger partial charge in [0.15, 0.2) is 5.82 Å². The Morgan fingerprint density at radius 1 is 1.07 bits per heavy atom. The summed E-state index contributed by atoms with van der Waals surface area (Å²) < 4.78 is 10.3. The predicted molar refractivity (Wildman–Crippen MR) is 143 cm³/mol. The van der Waals surface area contributed by atoms with Crippen molar-refractivity contribution >= 4 is 23.9 Å². The summed E-state index contributed by atoms with van der Waals surface area (Å²) in [6, 6.07) is 9.88. The van der Waals surface area contributed by atoms with Gasteiger partial charge >= 0.3 is 12.1 Å². The maximum Gasteiger partial charge on any atom is 0.409 e. The molecule has 214 valence electrons. The number of hydrogen-bond donors (Lipinski definition) is 2. The van der Waals surface area contributed by atoms with Crippen LogP contribution < -0.4 is 5.32 Å². The molecule has 2 aliphatic rings. The first-order valence-corrected chi connectivity index (χ1v) is 13.5. The third-order valence-corrected chi connectivity index (χ3v) is 7.06. The first-order valence-electron chi connectivity index (χ1n) is 13.5. The zero-order valence-corrected chi connectivity index (χ0v) is 22.7. The number of carbonyl (C=O) groups is 4. The summed E-state index contributed by atoms with van der Waals surface area (Å²) in [4.78, 5) is 62.5. The summed E-state index contributed by atoms with van der Waals surface area (Å²) in [5.74, 6) is -1.23. The van der Waals surface area contributed by atoms with Crippen molar-refractivity contribution in [3.8, 4) is 11.4 Å². The molecule has 1 aliphatic heterocycles. The zero-order valence-electron chi connectivity index (χ0n) is 22.7. The summed E-state index contributed by atoms with van der Waals surface area (Å²) in [5, 5.41) is 12.0. The highest BCUT2D eigenvalue weighted by Gasteiger charge is 2.40. The quantitative estimate of drug-likeness (QED) is 0.426. The van der Waals surface area contributed by atoms with Crippen LogP contribution in [0.3, 0.4) is 0 Å². The van der Waals surface area contributed by atoms with Crippen LogP contribution in [0, 0.1) is 5.92 Å². The molecule has 40 heavy (non-hydrogen) atoms. The van der Waals surface area contributed by atoms with Crippen molar-refractivity contribution in [3.63, 3.8) is 0 Å². The van der Waals surface area contributed by atoms with Crippen molar-refractivity contribution in [1.29, 1.82) is 0 Å². The van der Waals surface area contributed by atoms with E-state index in [1.807, 2.05) is 30.3 Å². The molecule has 2 N–H and O–H groups in total. The average molecular weight is 554 g/mol. The summed E-state index contributed by atoms with van der Waals surface area (Å²) >= 11 is 0.